The molecule has 1 spiro atoms. The van der Waals surface area contributed by atoms with Crippen molar-refractivity contribution in [3.8, 4) is 0 Å². The molecule has 86 valence electrons. The molecular formula is C10H17NO3S. The van der Waals surface area contributed by atoms with Crippen LogP contribution in [0.15, 0.2) is 0 Å². The van der Waals surface area contributed by atoms with Crippen LogP contribution in [0.4, 0.5) is 0 Å². The summed E-state index contributed by atoms with van der Waals surface area (Å²) in [7, 11) is -3.10. The van der Waals surface area contributed by atoms with E-state index in [2.05, 4.69) is 5.32 Å². The fourth-order valence-corrected chi connectivity index (χ4v) is 4.76. The first-order valence-electron chi connectivity index (χ1n) is 5.55. The first-order valence-corrected chi connectivity index (χ1v) is 7.20. The molecule has 2 rings (SSSR count). The van der Waals surface area contributed by atoms with E-state index < -0.39 is 14.6 Å². The number of nitrogens with one attached hydrogen (secondary N) is 1. The van der Waals surface area contributed by atoms with E-state index in [9.17, 15) is 13.2 Å². The monoisotopic (exact) mass is 231 g/mol. The quantitative estimate of drug-likeness (QED) is 0.665. The Hall–Kier alpha value is -0.580. The molecule has 5 heteroatoms. The van der Waals surface area contributed by atoms with Crippen LogP contribution in [0.5, 0.6) is 0 Å². The van der Waals surface area contributed by atoms with Crippen LogP contribution >= 0.6 is 0 Å². The molecule has 2 fully saturated rings. The van der Waals surface area contributed by atoms with Crippen LogP contribution in [0.2, 0.25) is 0 Å². The smallest absolute Gasteiger partial charge is 0.221 e. The van der Waals surface area contributed by atoms with Gasteiger partial charge in [-0.1, -0.05) is 19.3 Å². The lowest BCUT2D eigenvalue weighted by molar-refractivity contribution is -0.121. The van der Waals surface area contributed by atoms with Crippen molar-refractivity contribution in [2.45, 2.75) is 43.3 Å². The van der Waals surface area contributed by atoms with Crippen molar-refractivity contribution in [3.63, 3.8) is 0 Å². The van der Waals surface area contributed by atoms with Crippen molar-refractivity contribution in [1.29, 1.82) is 0 Å². The Morgan fingerprint density at radius 3 is 2.47 bits per heavy atom. The van der Waals surface area contributed by atoms with Crippen molar-refractivity contribution >= 4 is 15.7 Å². The van der Waals surface area contributed by atoms with Gasteiger partial charge in [0, 0.05) is 13.0 Å². The lowest BCUT2D eigenvalue weighted by Crippen LogP contribution is -2.42. The molecule has 0 aromatic heterocycles. The second kappa shape index (κ2) is 3.77. The maximum absolute atomic E-state index is 12.1. The predicted octanol–water partition coefficient (Wildman–Crippen LogP) is 0.624. The number of carbonyl (C=O) groups excluding carboxylic acids is 1. The van der Waals surface area contributed by atoms with Gasteiger partial charge in [0.15, 0.2) is 9.84 Å². The molecule has 0 radical (unpaired) electrons. The highest BCUT2D eigenvalue weighted by atomic mass is 32.2. The third-order valence-electron chi connectivity index (χ3n) is 3.60. The number of rotatable bonds is 0. The zero-order valence-electron chi connectivity index (χ0n) is 8.79. The summed E-state index contributed by atoms with van der Waals surface area (Å²) in [6.07, 6.45) is 4.48. The first kappa shape index (κ1) is 10.9. The third-order valence-corrected chi connectivity index (χ3v) is 6.21. The van der Waals surface area contributed by atoms with Gasteiger partial charge in [0.2, 0.25) is 5.91 Å². The molecule has 15 heavy (non-hydrogen) atoms. The summed E-state index contributed by atoms with van der Waals surface area (Å²) in [4.78, 5) is 11.5. The van der Waals surface area contributed by atoms with Crippen LogP contribution < -0.4 is 5.32 Å². The Morgan fingerprint density at radius 2 is 1.80 bits per heavy atom. The molecule has 1 N–H and O–H groups in total. The van der Waals surface area contributed by atoms with E-state index in [-0.39, 0.29) is 24.6 Å². The molecule has 1 saturated carbocycles. The van der Waals surface area contributed by atoms with Crippen LogP contribution in [0.1, 0.15) is 38.5 Å². The number of hydrogen-bond donors (Lipinski definition) is 1. The molecule has 0 aromatic rings. The van der Waals surface area contributed by atoms with Gasteiger partial charge in [-0.15, -0.1) is 0 Å². The molecule has 1 saturated heterocycles. The second-order valence-corrected chi connectivity index (χ2v) is 7.09. The van der Waals surface area contributed by atoms with Crippen molar-refractivity contribution in [2.24, 2.45) is 0 Å². The number of amides is 1. The average molecular weight is 231 g/mol. The molecule has 2 aliphatic rings. The van der Waals surface area contributed by atoms with E-state index in [0.29, 0.717) is 12.8 Å². The standard InChI is InChI=1S/C10H17NO3S/c12-9-8-10(4-2-1-3-5-10)15(13,14)7-6-11-9/h1-8H2,(H,11,12). The maximum Gasteiger partial charge on any atom is 0.221 e. The van der Waals surface area contributed by atoms with E-state index in [0.717, 1.165) is 19.3 Å². The van der Waals surface area contributed by atoms with Gasteiger partial charge in [-0.3, -0.25) is 4.79 Å². The van der Waals surface area contributed by atoms with Crippen molar-refractivity contribution in [1.82, 2.24) is 5.32 Å². The summed E-state index contributed by atoms with van der Waals surface area (Å²) in [5, 5.41) is 2.65. The number of hydrogen-bond acceptors (Lipinski definition) is 3. The Morgan fingerprint density at radius 1 is 1.13 bits per heavy atom. The van der Waals surface area contributed by atoms with Gasteiger partial charge in [0.1, 0.15) is 0 Å². The Kier molecular flexibility index (Phi) is 2.75. The lowest BCUT2D eigenvalue weighted by Gasteiger charge is -2.34. The zero-order chi connectivity index (χ0) is 10.9. The van der Waals surface area contributed by atoms with Crippen molar-refractivity contribution < 1.29 is 13.2 Å². The Labute approximate surface area is 90.3 Å². The van der Waals surface area contributed by atoms with Crippen LogP contribution in [0.3, 0.4) is 0 Å². The normalized spacial score (nSPS) is 29.5. The largest absolute Gasteiger partial charge is 0.355 e. The second-order valence-electron chi connectivity index (χ2n) is 4.59. The van der Waals surface area contributed by atoms with Gasteiger partial charge in [0.25, 0.3) is 0 Å². The molecule has 0 atom stereocenters. The molecule has 1 amide bonds. The van der Waals surface area contributed by atoms with E-state index in [4.69, 9.17) is 0 Å². The summed E-state index contributed by atoms with van der Waals surface area (Å²) >= 11 is 0. The number of carbonyl (C=O) groups is 1. The summed E-state index contributed by atoms with van der Waals surface area (Å²) in [5.41, 5.74) is 0. The van der Waals surface area contributed by atoms with Gasteiger partial charge < -0.3 is 5.32 Å². The first-order chi connectivity index (χ1) is 7.06. The van der Waals surface area contributed by atoms with E-state index in [1.165, 1.54) is 0 Å². The predicted molar refractivity (Wildman–Crippen MR) is 57.2 cm³/mol. The highest BCUT2D eigenvalue weighted by molar-refractivity contribution is 7.92. The molecular weight excluding hydrogens is 214 g/mol. The summed E-state index contributed by atoms with van der Waals surface area (Å²) in [6.45, 7) is 0.281. The van der Waals surface area contributed by atoms with Gasteiger partial charge in [-0.2, -0.15) is 0 Å². The maximum atomic E-state index is 12.1. The highest BCUT2D eigenvalue weighted by Gasteiger charge is 2.46. The zero-order valence-corrected chi connectivity index (χ0v) is 9.61. The van der Waals surface area contributed by atoms with Gasteiger partial charge in [-0.25, -0.2) is 8.42 Å². The molecule has 1 aliphatic heterocycles. The molecule has 1 aliphatic carbocycles. The SMILES string of the molecule is O=C1CC2(CCCCC2)S(=O)(=O)CCN1. The molecule has 0 aromatic carbocycles. The van der Waals surface area contributed by atoms with Crippen LogP contribution in [0, 0.1) is 0 Å². The van der Waals surface area contributed by atoms with Crippen molar-refractivity contribution in [2.75, 3.05) is 12.3 Å². The number of sulfone groups is 1. The molecule has 0 unspecified atom stereocenters. The van der Waals surface area contributed by atoms with Crippen LogP contribution in [0.25, 0.3) is 0 Å². The van der Waals surface area contributed by atoms with Crippen LogP contribution in [-0.2, 0) is 14.6 Å². The van der Waals surface area contributed by atoms with Gasteiger partial charge in [-0.05, 0) is 12.8 Å². The minimum absolute atomic E-state index is 0.0991. The summed E-state index contributed by atoms with van der Waals surface area (Å²) in [6, 6.07) is 0. The van der Waals surface area contributed by atoms with E-state index >= 15 is 0 Å². The Bertz CT molecular complexity index is 355. The van der Waals surface area contributed by atoms with E-state index in [1.54, 1.807) is 0 Å². The lowest BCUT2D eigenvalue weighted by atomic mass is 9.86. The average Bonchev–Trinajstić information content (AvgIpc) is 2.27. The summed E-state index contributed by atoms with van der Waals surface area (Å²) in [5.74, 6) is 0.0108. The Balaban J connectivity index is 2.34. The molecule has 4 nitrogen and oxygen atoms in total. The van der Waals surface area contributed by atoms with Gasteiger partial charge >= 0.3 is 0 Å². The van der Waals surface area contributed by atoms with Crippen LogP contribution in [-0.4, -0.2) is 31.4 Å². The van der Waals surface area contributed by atoms with Gasteiger partial charge in [0.05, 0.1) is 10.5 Å². The van der Waals surface area contributed by atoms with E-state index in [1.807, 2.05) is 0 Å². The highest BCUT2D eigenvalue weighted by Crippen LogP contribution is 2.39. The minimum Gasteiger partial charge on any atom is -0.355 e. The topological polar surface area (TPSA) is 63.2 Å². The fraction of sp³-hybridized carbons (Fsp3) is 0.900. The molecule has 0 bridgehead atoms. The van der Waals surface area contributed by atoms with Crippen molar-refractivity contribution in [3.05, 3.63) is 0 Å². The summed E-state index contributed by atoms with van der Waals surface area (Å²) < 4.78 is 23.5. The minimum atomic E-state index is -3.10. The molecule has 1 heterocycles. The third kappa shape index (κ3) is 1.89. The fourth-order valence-electron chi connectivity index (χ4n) is 2.69.